The monoisotopic (exact) mass is 478 g/mol. The summed E-state index contributed by atoms with van der Waals surface area (Å²) >= 11 is 0. The van der Waals surface area contributed by atoms with Crippen LogP contribution in [-0.4, -0.2) is 34.2 Å². The molecule has 1 aliphatic carbocycles. The predicted molar refractivity (Wildman–Crippen MR) is 128 cm³/mol. The lowest BCUT2D eigenvalue weighted by Gasteiger charge is -2.28. The molecule has 182 valence electrons. The number of anilines is 4. The van der Waals surface area contributed by atoms with Crippen LogP contribution in [0.25, 0.3) is 0 Å². The normalized spacial score (nSPS) is 17.3. The number of amides is 3. The first-order valence-corrected chi connectivity index (χ1v) is 11.2. The minimum absolute atomic E-state index is 0.00634. The van der Waals surface area contributed by atoms with Crippen LogP contribution in [0.3, 0.4) is 0 Å². The highest BCUT2D eigenvalue weighted by atomic mass is 16.5. The first kappa shape index (κ1) is 23.7. The van der Waals surface area contributed by atoms with E-state index in [1.54, 1.807) is 24.3 Å². The minimum atomic E-state index is -0.682. The van der Waals surface area contributed by atoms with Gasteiger partial charge in [-0.05, 0) is 67.5 Å². The highest BCUT2D eigenvalue weighted by Gasteiger charge is 2.24. The van der Waals surface area contributed by atoms with E-state index in [0.717, 1.165) is 25.7 Å². The maximum Gasteiger partial charge on any atom is 0.320 e. The maximum absolute atomic E-state index is 12.5. The zero-order valence-electron chi connectivity index (χ0n) is 19.1. The number of nitrogens with two attached hydrogens (primary N) is 1. The number of ether oxygens (including phenoxy) is 1. The van der Waals surface area contributed by atoms with Crippen LogP contribution in [0, 0.1) is 0 Å². The van der Waals surface area contributed by atoms with Crippen molar-refractivity contribution in [2.75, 3.05) is 16.0 Å². The summed E-state index contributed by atoms with van der Waals surface area (Å²) in [5, 5.41) is 15.7. The number of nitrogens with one attached hydrogen (secondary N) is 3. The van der Waals surface area contributed by atoms with E-state index in [1.165, 1.54) is 12.5 Å². The van der Waals surface area contributed by atoms with Gasteiger partial charge in [0, 0.05) is 24.0 Å². The number of carbonyl (C=O) groups is 3. The number of benzene rings is 2. The lowest BCUT2D eigenvalue weighted by Crippen LogP contribution is -2.22. The molecule has 0 radical (unpaired) electrons. The summed E-state index contributed by atoms with van der Waals surface area (Å²) in [5.74, 6) is -0.576. The number of primary amides is 1. The fourth-order valence-electron chi connectivity index (χ4n) is 4.08. The lowest BCUT2D eigenvalue weighted by molar-refractivity contribution is -0.147. The van der Waals surface area contributed by atoms with Crippen molar-refractivity contribution in [3.05, 3.63) is 60.0 Å². The average Bonchev–Trinajstić information content (AvgIpc) is 3.28. The van der Waals surface area contributed by atoms with Gasteiger partial charge in [0.15, 0.2) is 0 Å². The van der Waals surface area contributed by atoms with E-state index in [-0.39, 0.29) is 24.0 Å². The molecule has 0 saturated heterocycles. The summed E-state index contributed by atoms with van der Waals surface area (Å²) in [6, 6.07) is 13.7. The van der Waals surface area contributed by atoms with E-state index in [9.17, 15) is 14.4 Å². The average molecular weight is 479 g/mol. The molecule has 3 aromatic rings. The van der Waals surface area contributed by atoms with Gasteiger partial charge >= 0.3 is 29.8 Å². The van der Waals surface area contributed by atoms with Crippen LogP contribution in [0.15, 0.2) is 52.9 Å². The Balaban J connectivity index is 1.31. The molecule has 4 rings (SSSR count). The number of nitrogens with zero attached hydrogens (tertiary/aromatic N) is 2. The quantitative estimate of drug-likeness (QED) is 0.368. The molecule has 3 amide bonds. The van der Waals surface area contributed by atoms with Crippen LogP contribution in [0.4, 0.5) is 27.9 Å². The van der Waals surface area contributed by atoms with E-state index < -0.39 is 11.9 Å². The minimum Gasteiger partial charge on any atom is -0.463 e. The third kappa shape index (κ3) is 6.56. The van der Waals surface area contributed by atoms with Gasteiger partial charge < -0.3 is 30.8 Å². The van der Waals surface area contributed by atoms with Gasteiger partial charge in [-0.3, -0.25) is 9.59 Å². The van der Waals surface area contributed by atoms with Crippen LogP contribution < -0.4 is 21.7 Å². The molecule has 0 spiro atoms. The number of aromatic nitrogens is 2. The number of rotatable bonds is 7. The summed E-state index contributed by atoms with van der Waals surface area (Å²) in [7, 11) is 0. The maximum atomic E-state index is 12.5. The number of urea groups is 1. The van der Waals surface area contributed by atoms with Gasteiger partial charge in [-0.25, -0.2) is 4.79 Å². The van der Waals surface area contributed by atoms with Gasteiger partial charge in [0.25, 0.3) is 0 Å². The predicted octanol–water partition coefficient (Wildman–Crippen LogP) is 4.15. The molecule has 0 aliphatic heterocycles. The molecule has 11 nitrogen and oxygen atoms in total. The van der Waals surface area contributed by atoms with Crippen molar-refractivity contribution in [3.63, 3.8) is 0 Å². The van der Waals surface area contributed by atoms with Crippen molar-refractivity contribution in [3.8, 4) is 0 Å². The Labute approximate surface area is 201 Å². The molecular formula is C24H26N6O5. The first-order chi connectivity index (χ1) is 16.9. The zero-order chi connectivity index (χ0) is 24.8. The molecule has 1 fully saturated rings. The lowest BCUT2D eigenvalue weighted by atomic mass is 9.82. The molecule has 0 atom stereocenters. The second-order valence-electron chi connectivity index (χ2n) is 8.27. The van der Waals surface area contributed by atoms with E-state index in [4.69, 9.17) is 14.9 Å². The molecule has 1 heterocycles. The van der Waals surface area contributed by atoms with Crippen molar-refractivity contribution in [1.29, 1.82) is 0 Å². The standard InChI is InChI=1S/C24H26N6O5/c1-14(31)34-20-11-7-16(8-12-20)15-5-9-17(10-6-15)26-21(32)22-29-30-24(35-22)28-19-4-2-3-18(13-19)27-23(25)33/h2-6,9-10,13,16,20H,7-8,11-12H2,1H3,(H,26,32)(H,28,30)(H3,25,27,33). The van der Waals surface area contributed by atoms with Crippen molar-refractivity contribution in [1.82, 2.24) is 10.2 Å². The largest absolute Gasteiger partial charge is 0.463 e. The third-order valence-electron chi connectivity index (χ3n) is 5.65. The second kappa shape index (κ2) is 10.7. The SMILES string of the molecule is CC(=O)OC1CCC(c2ccc(NC(=O)c3nnc(Nc4cccc(NC(N)=O)c4)o3)cc2)CC1. The molecule has 11 heteroatoms. The van der Waals surface area contributed by atoms with E-state index in [2.05, 4.69) is 26.1 Å². The molecule has 2 aromatic carbocycles. The molecular weight excluding hydrogens is 452 g/mol. The number of hydrogen-bond donors (Lipinski definition) is 4. The summed E-state index contributed by atoms with van der Waals surface area (Å²) in [5.41, 5.74) is 7.95. The van der Waals surface area contributed by atoms with Gasteiger partial charge in [-0.2, -0.15) is 0 Å². The Bertz CT molecular complexity index is 1200. The molecule has 0 unspecified atom stereocenters. The number of esters is 1. The van der Waals surface area contributed by atoms with Gasteiger partial charge in [0.2, 0.25) is 0 Å². The Morgan fingerprint density at radius 3 is 2.34 bits per heavy atom. The van der Waals surface area contributed by atoms with Crippen molar-refractivity contribution in [2.24, 2.45) is 5.73 Å². The highest BCUT2D eigenvalue weighted by molar-refractivity contribution is 6.00. The van der Waals surface area contributed by atoms with Crippen LogP contribution in [0.5, 0.6) is 0 Å². The topological polar surface area (TPSA) is 161 Å². The Hall–Kier alpha value is -4.41. The van der Waals surface area contributed by atoms with Crippen LogP contribution >= 0.6 is 0 Å². The summed E-state index contributed by atoms with van der Waals surface area (Å²) in [4.78, 5) is 34.7. The summed E-state index contributed by atoms with van der Waals surface area (Å²) in [6.45, 7) is 1.44. The number of hydrogen-bond acceptors (Lipinski definition) is 8. The first-order valence-electron chi connectivity index (χ1n) is 11.2. The van der Waals surface area contributed by atoms with Gasteiger partial charge in [0.1, 0.15) is 6.10 Å². The van der Waals surface area contributed by atoms with Crippen LogP contribution in [0.1, 0.15) is 54.8 Å². The van der Waals surface area contributed by atoms with Gasteiger partial charge in [-0.15, -0.1) is 5.10 Å². The molecule has 1 aliphatic rings. The van der Waals surface area contributed by atoms with Crippen molar-refractivity contribution in [2.45, 2.75) is 44.6 Å². The Kier molecular flexibility index (Phi) is 7.24. The van der Waals surface area contributed by atoms with Gasteiger partial charge in [-0.1, -0.05) is 23.3 Å². The van der Waals surface area contributed by atoms with Crippen molar-refractivity contribution >= 4 is 41.0 Å². The number of carbonyl (C=O) groups excluding carboxylic acids is 3. The van der Waals surface area contributed by atoms with E-state index in [1.807, 2.05) is 24.3 Å². The van der Waals surface area contributed by atoms with Gasteiger partial charge in [0.05, 0.1) is 0 Å². The fraction of sp³-hybridized carbons (Fsp3) is 0.292. The fourth-order valence-corrected chi connectivity index (χ4v) is 4.08. The molecule has 5 N–H and O–H groups in total. The molecule has 0 bridgehead atoms. The summed E-state index contributed by atoms with van der Waals surface area (Å²) < 4.78 is 10.7. The van der Waals surface area contributed by atoms with Crippen LogP contribution in [-0.2, 0) is 9.53 Å². The Morgan fingerprint density at radius 1 is 0.943 bits per heavy atom. The van der Waals surface area contributed by atoms with E-state index in [0.29, 0.717) is 23.0 Å². The summed E-state index contributed by atoms with van der Waals surface area (Å²) in [6.07, 6.45) is 3.60. The zero-order valence-corrected chi connectivity index (χ0v) is 19.1. The highest BCUT2D eigenvalue weighted by Crippen LogP contribution is 2.34. The third-order valence-corrected chi connectivity index (χ3v) is 5.65. The molecule has 1 aromatic heterocycles. The van der Waals surface area contributed by atoms with Crippen molar-refractivity contribution < 1.29 is 23.5 Å². The molecule has 1 saturated carbocycles. The van der Waals surface area contributed by atoms with E-state index >= 15 is 0 Å². The Morgan fingerprint density at radius 2 is 1.66 bits per heavy atom. The second-order valence-corrected chi connectivity index (χ2v) is 8.27. The molecule has 35 heavy (non-hydrogen) atoms. The van der Waals surface area contributed by atoms with Crippen LogP contribution in [0.2, 0.25) is 0 Å². The smallest absolute Gasteiger partial charge is 0.320 e.